The number of hydrogen-bond donors (Lipinski definition) is 3. The lowest BCUT2D eigenvalue weighted by Gasteiger charge is -2.07. The fourth-order valence-electron chi connectivity index (χ4n) is 1.73. The molecule has 18 heavy (non-hydrogen) atoms. The molecular formula is C13H14N4O. The highest BCUT2D eigenvalue weighted by Crippen LogP contribution is 2.20. The number of nitrogens with zero attached hydrogens (tertiary/aromatic N) is 1. The van der Waals surface area contributed by atoms with E-state index in [1.54, 1.807) is 6.20 Å². The van der Waals surface area contributed by atoms with Crippen LogP contribution in [-0.2, 0) is 0 Å². The van der Waals surface area contributed by atoms with E-state index in [0.29, 0.717) is 6.04 Å². The molecule has 5 nitrogen and oxygen atoms in total. The predicted octanol–water partition coefficient (Wildman–Crippen LogP) is 2.36. The van der Waals surface area contributed by atoms with Crippen LogP contribution in [0.2, 0.25) is 0 Å². The van der Waals surface area contributed by atoms with Crippen molar-refractivity contribution in [1.29, 1.82) is 0 Å². The molecule has 0 saturated heterocycles. The number of aromatic nitrogens is 2. The molecule has 0 spiro atoms. The number of benzene rings is 1. The molecule has 92 valence electrons. The molecule has 0 aliphatic heterocycles. The number of aromatic amines is 1. The van der Waals surface area contributed by atoms with Gasteiger partial charge in [-0.1, -0.05) is 12.1 Å². The first-order valence-electron chi connectivity index (χ1n) is 5.98. The van der Waals surface area contributed by atoms with Crippen molar-refractivity contribution >= 4 is 11.7 Å². The van der Waals surface area contributed by atoms with Crippen molar-refractivity contribution in [2.75, 3.05) is 5.32 Å². The normalized spacial score (nSPS) is 14.2. The van der Waals surface area contributed by atoms with Crippen molar-refractivity contribution in [3.63, 3.8) is 0 Å². The number of nitrogens with one attached hydrogen (secondary N) is 3. The number of carbonyl (C=O) groups excluding carboxylic acids is 1. The summed E-state index contributed by atoms with van der Waals surface area (Å²) in [6, 6.07) is 9.79. The van der Waals surface area contributed by atoms with Gasteiger partial charge < -0.3 is 10.6 Å². The Morgan fingerprint density at radius 3 is 2.61 bits per heavy atom. The lowest BCUT2D eigenvalue weighted by Crippen LogP contribution is -2.30. The molecule has 5 heteroatoms. The first kappa shape index (κ1) is 10.8. The summed E-state index contributed by atoms with van der Waals surface area (Å²) >= 11 is 0. The van der Waals surface area contributed by atoms with E-state index in [2.05, 4.69) is 20.8 Å². The monoisotopic (exact) mass is 242 g/mol. The zero-order chi connectivity index (χ0) is 12.4. The number of rotatable bonds is 3. The van der Waals surface area contributed by atoms with Crippen LogP contribution in [0.15, 0.2) is 36.5 Å². The van der Waals surface area contributed by atoms with Crippen LogP contribution in [0.4, 0.5) is 10.5 Å². The van der Waals surface area contributed by atoms with Gasteiger partial charge in [0.15, 0.2) is 0 Å². The molecule has 2 aromatic rings. The summed E-state index contributed by atoms with van der Waals surface area (Å²) in [6.45, 7) is 0. The Kier molecular flexibility index (Phi) is 2.72. The highest BCUT2D eigenvalue weighted by Gasteiger charge is 2.23. The van der Waals surface area contributed by atoms with E-state index in [4.69, 9.17) is 0 Å². The largest absolute Gasteiger partial charge is 0.335 e. The Labute approximate surface area is 105 Å². The molecule has 3 N–H and O–H groups in total. The topological polar surface area (TPSA) is 69.8 Å². The van der Waals surface area contributed by atoms with Crippen molar-refractivity contribution in [2.45, 2.75) is 18.9 Å². The maximum absolute atomic E-state index is 11.5. The minimum Gasteiger partial charge on any atom is -0.335 e. The SMILES string of the molecule is O=C(Nc1ccc(-c2ccn[nH]2)cc1)NC1CC1. The maximum atomic E-state index is 11.5. The van der Waals surface area contributed by atoms with Crippen molar-refractivity contribution in [2.24, 2.45) is 0 Å². The predicted molar refractivity (Wildman–Crippen MR) is 69.2 cm³/mol. The summed E-state index contributed by atoms with van der Waals surface area (Å²) in [5, 5.41) is 12.5. The van der Waals surface area contributed by atoms with Crippen molar-refractivity contribution in [3.8, 4) is 11.3 Å². The lowest BCUT2D eigenvalue weighted by atomic mass is 10.1. The first-order valence-corrected chi connectivity index (χ1v) is 5.98. The Bertz CT molecular complexity index is 529. The van der Waals surface area contributed by atoms with Crippen LogP contribution in [-0.4, -0.2) is 22.3 Å². The third-order valence-electron chi connectivity index (χ3n) is 2.87. The zero-order valence-corrected chi connectivity index (χ0v) is 9.81. The van der Waals surface area contributed by atoms with Crippen LogP contribution in [0.1, 0.15) is 12.8 Å². The van der Waals surface area contributed by atoms with Gasteiger partial charge in [-0.05, 0) is 36.6 Å². The minimum absolute atomic E-state index is 0.133. The molecule has 1 saturated carbocycles. The van der Waals surface area contributed by atoms with Crippen LogP contribution in [0.5, 0.6) is 0 Å². The van der Waals surface area contributed by atoms with Crippen LogP contribution in [0.25, 0.3) is 11.3 Å². The molecule has 0 atom stereocenters. The fourth-order valence-corrected chi connectivity index (χ4v) is 1.73. The Hall–Kier alpha value is -2.30. The Morgan fingerprint density at radius 1 is 1.22 bits per heavy atom. The number of hydrogen-bond acceptors (Lipinski definition) is 2. The van der Waals surface area contributed by atoms with Gasteiger partial charge in [0.1, 0.15) is 0 Å². The molecule has 0 unspecified atom stereocenters. The Morgan fingerprint density at radius 2 is 2.00 bits per heavy atom. The summed E-state index contributed by atoms with van der Waals surface area (Å²) in [7, 11) is 0. The van der Waals surface area contributed by atoms with E-state index in [0.717, 1.165) is 29.8 Å². The lowest BCUT2D eigenvalue weighted by molar-refractivity contribution is 0.251. The van der Waals surface area contributed by atoms with Crippen LogP contribution >= 0.6 is 0 Å². The highest BCUT2D eigenvalue weighted by atomic mass is 16.2. The molecule has 1 aromatic heterocycles. The van der Waals surface area contributed by atoms with Gasteiger partial charge in [-0.15, -0.1) is 0 Å². The summed E-state index contributed by atoms with van der Waals surface area (Å²) in [4.78, 5) is 11.5. The molecular weight excluding hydrogens is 228 g/mol. The second-order valence-electron chi connectivity index (χ2n) is 4.42. The van der Waals surface area contributed by atoms with Gasteiger partial charge in [-0.3, -0.25) is 5.10 Å². The summed E-state index contributed by atoms with van der Waals surface area (Å²) < 4.78 is 0. The van der Waals surface area contributed by atoms with Crippen LogP contribution in [0, 0.1) is 0 Å². The van der Waals surface area contributed by atoms with Crippen molar-refractivity contribution in [1.82, 2.24) is 15.5 Å². The average molecular weight is 242 g/mol. The number of carbonyl (C=O) groups is 1. The molecule has 1 aliphatic rings. The molecule has 1 aliphatic carbocycles. The molecule has 1 fully saturated rings. The second kappa shape index (κ2) is 4.52. The van der Waals surface area contributed by atoms with E-state index in [9.17, 15) is 4.79 Å². The molecule has 1 heterocycles. The van der Waals surface area contributed by atoms with E-state index in [1.807, 2.05) is 30.3 Å². The molecule has 1 aromatic carbocycles. The van der Waals surface area contributed by atoms with Gasteiger partial charge in [-0.25, -0.2) is 4.79 Å². The van der Waals surface area contributed by atoms with E-state index in [1.165, 1.54) is 0 Å². The number of amides is 2. The maximum Gasteiger partial charge on any atom is 0.319 e. The first-order chi connectivity index (χ1) is 8.81. The smallest absolute Gasteiger partial charge is 0.319 e. The van der Waals surface area contributed by atoms with Gasteiger partial charge in [0.05, 0.1) is 5.69 Å². The van der Waals surface area contributed by atoms with Crippen LogP contribution in [0.3, 0.4) is 0 Å². The highest BCUT2D eigenvalue weighted by molar-refractivity contribution is 5.89. The van der Waals surface area contributed by atoms with Crippen LogP contribution < -0.4 is 10.6 Å². The fraction of sp³-hybridized carbons (Fsp3) is 0.231. The van der Waals surface area contributed by atoms with E-state index in [-0.39, 0.29) is 6.03 Å². The summed E-state index contributed by atoms with van der Waals surface area (Å²) in [6.07, 6.45) is 3.89. The van der Waals surface area contributed by atoms with Gasteiger partial charge in [0, 0.05) is 17.9 Å². The average Bonchev–Trinajstić information content (AvgIpc) is 3.01. The number of H-pyrrole nitrogens is 1. The minimum atomic E-state index is -0.133. The van der Waals surface area contributed by atoms with Gasteiger partial charge in [-0.2, -0.15) is 5.10 Å². The van der Waals surface area contributed by atoms with Gasteiger partial charge >= 0.3 is 6.03 Å². The van der Waals surface area contributed by atoms with Crippen molar-refractivity contribution < 1.29 is 4.79 Å². The summed E-state index contributed by atoms with van der Waals surface area (Å²) in [5.41, 5.74) is 2.79. The van der Waals surface area contributed by atoms with Gasteiger partial charge in [0.25, 0.3) is 0 Å². The number of anilines is 1. The molecule has 0 radical (unpaired) electrons. The van der Waals surface area contributed by atoms with Gasteiger partial charge in [0.2, 0.25) is 0 Å². The third kappa shape index (κ3) is 2.51. The molecule has 3 rings (SSSR count). The molecule has 2 amide bonds. The molecule has 0 bridgehead atoms. The zero-order valence-electron chi connectivity index (χ0n) is 9.81. The second-order valence-corrected chi connectivity index (χ2v) is 4.42. The standard InChI is InChI=1S/C13H14N4O/c18-13(16-11-5-6-11)15-10-3-1-9(2-4-10)12-7-8-14-17-12/h1-4,7-8,11H,5-6H2,(H,14,17)(H2,15,16,18). The quantitative estimate of drug-likeness (QED) is 0.773. The van der Waals surface area contributed by atoms with E-state index < -0.39 is 0 Å². The summed E-state index contributed by atoms with van der Waals surface area (Å²) in [5.74, 6) is 0. The van der Waals surface area contributed by atoms with Crippen molar-refractivity contribution in [3.05, 3.63) is 36.5 Å². The third-order valence-corrected chi connectivity index (χ3v) is 2.87. The number of urea groups is 1. The van der Waals surface area contributed by atoms with E-state index >= 15 is 0 Å². The Balaban J connectivity index is 1.65.